The molecule has 1 saturated heterocycles. The number of hydrogen-bond donors (Lipinski definition) is 1. The van der Waals surface area contributed by atoms with Crippen LogP contribution in [0.3, 0.4) is 0 Å². The molecule has 0 aliphatic carbocycles. The van der Waals surface area contributed by atoms with Crippen molar-refractivity contribution < 1.29 is 21.6 Å². The van der Waals surface area contributed by atoms with E-state index in [1.807, 2.05) is 0 Å². The van der Waals surface area contributed by atoms with Crippen molar-refractivity contribution in [1.29, 1.82) is 0 Å². The normalized spacial score (nSPS) is 16.9. The smallest absolute Gasteiger partial charge is 0.351 e. The monoisotopic (exact) mass is 464 g/mol. The second-order valence-electron chi connectivity index (χ2n) is 7.37. The number of anilines is 1. The Morgan fingerprint density at radius 3 is 2.50 bits per heavy atom. The predicted molar refractivity (Wildman–Crippen MR) is 109 cm³/mol. The van der Waals surface area contributed by atoms with Gasteiger partial charge in [-0.1, -0.05) is 0 Å². The van der Waals surface area contributed by atoms with Gasteiger partial charge in [0, 0.05) is 31.9 Å². The number of halogens is 3. The van der Waals surface area contributed by atoms with Crippen molar-refractivity contribution in [2.45, 2.75) is 31.6 Å². The lowest BCUT2D eigenvalue weighted by Crippen LogP contribution is -2.42. The highest BCUT2D eigenvalue weighted by molar-refractivity contribution is 7.88. The van der Waals surface area contributed by atoms with E-state index in [4.69, 9.17) is 0 Å². The number of piperidine rings is 1. The molecule has 1 fully saturated rings. The van der Waals surface area contributed by atoms with Crippen LogP contribution in [0.1, 0.15) is 23.5 Å². The van der Waals surface area contributed by atoms with E-state index < -0.39 is 21.9 Å². The molecule has 30 heavy (non-hydrogen) atoms. The number of alkyl halides is 3. The van der Waals surface area contributed by atoms with Gasteiger partial charge in [0.05, 0.1) is 16.8 Å². The molecule has 0 unspecified atom stereocenters. The fraction of sp³-hybridized carbons (Fsp3) is 0.588. The van der Waals surface area contributed by atoms with Crippen LogP contribution in [0.5, 0.6) is 0 Å². The Balaban J connectivity index is 1.80. The lowest BCUT2D eigenvalue weighted by molar-refractivity contribution is -0.140. The van der Waals surface area contributed by atoms with Crippen LogP contribution in [0.15, 0.2) is 12.3 Å². The van der Waals surface area contributed by atoms with Crippen molar-refractivity contribution in [3.8, 4) is 10.6 Å². The third kappa shape index (κ3) is 5.65. The molecule has 0 aromatic carbocycles. The summed E-state index contributed by atoms with van der Waals surface area (Å²) in [7, 11) is 0.289. The standard InChI is InChI=1S/C17H23F3N6O2S2/c1-25(2)10-13-24-15(17(18,19)20)14(29-13)12-4-7-21-16(23-12)22-11-5-8-26(9-6-11)30(3,27)28/h4,7,11H,5-6,8-10H2,1-3H3,(H,21,22,23). The van der Waals surface area contributed by atoms with Crippen LogP contribution in [0.2, 0.25) is 0 Å². The number of sulfonamides is 1. The number of rotatable bonds is 6. The second kappa shape index (κ2) is 8.73. The van der Waals surface area contributed by atoms with E-state index in [1.54, 1.807) is 19.0 Å². The van der Waals surface area contributed by atoms with Crippen molar-refractivity contribution in [3.05, 3.63) is 23.0 Å². The van der Waals surface area contributed by atoms with E-state index in [-0.39, 0.29) is 22.6 Å². The van der Waals surface area contributed by atoms with Gasteiger partial charge in [0.15, 0.2) is 5.69 Å². The summed E-state index contributed by atoms with van der Waals surface area (Å²) in [4.78, 5) is 13.9. The summed E-state index contributed by atoms with van der Waals surface area (Å²) < 4.78 is 65.2. The van der Waals surface area contributed by atoms with Crippen LogP contribution in [0.4, 0.5) is 19.1 Å². The molecular formula is C17H23F3N6O2S2. The summed E-state index contributed by atoms with van der Waals surface area (Å²) in [5.41, 5.74) is -0.800. The number of hydrogen-bond acceptors (Lipinski definition) is 8. The zero-order chi connectivity index (χ0) is 22.1. The molecule has 1 aliphatic heterocycles. The van der Waals surface area contributed by atoms with Gasteiger partial charge in [-0.15, -0.1) is 11.3 Å². The lowest BCUT2D eigenvalue weighted by atomic mass is 10.1. The Labute approximate surface area is 177 Å². The average Bonchev–Trinajstić information content (AvgIpc) is 3.05. The highest BCUT2D eigenvalue weighted by atomic mass is 32.2. The third-order valence-corrected chi connectivity index (χ3v) is 6.90. The molecule has 3 rings (SSSR count). The molecule has 3 heterocycles. The molecule has 0 saturated carbocycles. The average molecular weight is 465 g/mol. The molecule has 166 valence electrons. The molecule has 1 N–H and O–H groups in total. The summed E-state index contributed by atoms with van der Waals surface area (Å²) in [5.74, 6) is 0.209. The molecule has 0 bridgehead atoms. The first-order valence-corrected chi connectivity index (χ1v) is 11.9. The van der Waals surface area contributed by atoms with Gasteiger partial charge in [0.1, 0.15) is 5.01 Å². The minimum Gasteiger partial charge on any atom is -0.351 e. The predicted octanol–water partition coefficient (Wildman–Crippen LogP) is 2.52. The summed E-state index contributed by atoms with van der Waals surface area (Å²) in [5, 5.41) is 3.46. The van der Waals surface area contributed by atoms with Gasteiger partial charge in [-0.2, -0.15) is 13.2 Å². The van der Waals surface area contributed by atoms with Crippen molar-refractivity contribution in [2.24, 2.45) is 0 Å². The molecule has 2 aromatic rings. The zero-order valence-corrected chi connectivity index (χ0v) is 18.4. The van der Waals surface area contributed by atoms with Gasteiger partial charge in [-0.3, -0.25) is 0 Å². The van der Waals surface area contributed by atoms with Crippen LogP contribution in [-0.4, -0.2) is 72.1 Å². The molecule has 8 nitrogen and oxygen atoms in total. The van der Waals surface area contributed by atoms with Crippen LogP contribution < -0.4 is 5.32 Å². The van der Waals surface area contributed by atoms with E-state index in [1.165, 1.54) is 22.8 Å². The Bertz CT molecular complexity index is 986. The molecule has 2 aromatic heterocycles. The van der Waals surface area contributed by atoms with Gasteiger partial charge >= 0.3 is 6.18 Å². The second-order valence-corrected chi connectivity index (χ2v) is 10.4. The Morgan fingerprint density at radius 1 is 1.27 bits per heavy atom. The highest BCUT2D eigenvalue weighted by Gasteiger charge is 2.38. The number of nitrogens with one attached hydrogen (secondary N) is 1. The minimum atomic E-state index is -4.59. The van der Waals surface area contributed by atoms with Gasteiger partial charge in [0.2, 0.25) is 16.0 Å². The Kier molecular flexibility index (Phi) is 6.65. The van der Waals surface area contributed by atoms with Crippen molar-refractivity contribution in [1.82, 2.24) is 24.2 Å². The van der Waals surface area contributed by atoms with Crippen molar-refractivity contribution in [3.63, 3.8) is 0 Å². The highest BCUT2D eigenvalue weighted by Crippen LogP contribution is 2.40. The molecule has 0 radical (unpaired) electrons. The minimum absolute atomic E-state index is 0.0447. The third-order valence-electron chi connectivity index (χ3n) is 4.54. The largest absolute Gasteiger partial charge is 0.434 e. The molecule has 13 heteroatoms. The SMILES string of the molecule is CN(C)Cc1nc(C(F)(F)F)c(-c2ccnc(NC3CCN(S(C)(=O)=O)CC3)n2)s1. The van der Waals surface area contributed by atoms with E-state index in [2.05, 4.69) is 20.3 Å². The van der Waals surface area contributed by atoms with E-state index in [9.17, 15) is 21.6 Å². The Hall–Kier alpha value is -1.83. The zero-order valence-electron chi connectivity index (χ0n) is 16.8. The van der Waals surface area contributed by atoms with Crippen LogP contribution >= 0.6 is 11.3 Å². The first-order chi connectivity index (χ1) is 13.9. The summed E-state index contributed by atoms with van der Waals surface area (Å²) >= 11 is 0.961. The Morgan fingerprint density at radius 2 is 1.93 bits per heavy atom. The fourth-order valence-corrected chi connectivity index (χ4v) is 5.18. The maximum atomic E-state index is 13.5. The first kappa shape index (κ1) is 22.8. The van der Waals surface area contributed by atoms with E-state index in [0.29, 0.717) is 37.5 Å². The summed E-state index contributed by atoms with van der Waals surface area (Å²) in [6, 6.07) is 1.37. The van der Waals surface area contributed by atoms with Gasteiger partial charge in [-0.05, 0) is 33.0 Å². The van der Waals surface area contributed by atoms with Crippen LogP contribution in [0, 0.1) is 0 Å². The van der Waals surface area contributed by atoms with Gasteiger partial charge in [-0.25, -0.2) is 27.7 Å². The molecule has 0 amide bonds. The van der Waals surface area contributed by atoms with Gasteiger partial charge in [0.25, 0.3) is 0 Å². The lowest BCUT2D eigenvalue weighted by Gasteiger charge is -2.30. The van der Waals surface area contributed by atoms with E-state index >= 15 is 0 Å². The first-order valence-electron chi connectivity index (χ1n) is 9.20. The molecule has 0 atom stereocenters. The number of nitrogens with zero attached hydrogens (tertiary/aromatic N) is 5. The molecular weight excluding hydrogens is 441 g/mol. The van der Waals surface area contributed by atoms with E-state index in [0.717, 1.165) is 11.3 Å². The van der Waals surface area contributed by atoms with Crippen LogP contribution in [0.25, 0.3) is 10.6 Å². The fourth-order valence-electron chi connectivity index (χ4n) is 3.14. The summed E-state index contributed by atoms with van der Waals surface area (Å²) in [6.45, 7) is 1.04. The summed E-state index contributed by atoms with van der Waals surface area (Å²) in [6.07, 6.45) is -0.898. The van der Waals surface area contributed by atoms with Crippen molar-refractivity contribution >= 4 is 27.3 Å². The van der Waals surface area contributed by atoms with Crippen LogP contribution in [-0.2, 0) is 22.7 Å². The number of thiazole rings is 1. The van der Waals surface area contributed by atoms with Gasteiger partial charge < -0.3 is 10.2 Å². The quantitative estimate of drug-likeness (QED) is 0.702. The molecule has 1 aliphatic rings. The number of aromatic nitrogens is 3. The topological polar surface area (TPSA) is 91.3 Å². The maximum Gasteiger partial charge on any atom is 0.434 e. The van der Waals surface area contributed by atoms with Crippen molar-refractivity contribution in [2.75, 3.05) is 38.8 Å². The maximum absolute atomic E-state index is 13.5. The molecule has 0 spiro atoms.